The molecule has 6 heteroatoms. The molecule has 1 spiro atoms. The monoisotopic (exact) mass is 364 g/mol. The minimum Gasteiger partial charge on any atom is -0.507 e. The molecule has 1 unspecified atom stereocenters. The molecule has 0 aliphatic carbocycles. The first kappa shape index (κ1) is 17.7. The molecule has 140 valence electrons. The molecule has 2 aromatic rings. The van der Waals surface area contributed by atoms with Gasteiger partial charge in [-0.25, -0.2) is 5.53 Å². The Morgan fingerprint density at radius 3 is 2.59 bits per heavy atom. The number of fused-ring (bicyclic) bond motifs is 1. The zero-order valence-electron chi connectivity index (χ0n) is 15.3. The summed E-state index contributed by atoms with van der Waals surface area (Å²) < 4.78 is 6.36. The molecule has 0 amide bonds. The first-order valence-electron chi connectivity index (χ1n) is 9.25. The van der Waals surface area contributed by atoms with Gasteiger partial charge < -0.3 is 15.2 Å². The highest BCUT2D eigenvalue weighted by molar-refractivity contribution is 5.87. The third-order valence-corrected chi connectivity index (χ3v) is 5.38. The number of phenols is 1. The van der Waals surface area contributed by atoms with E-state index in [0.717, 1.165) is 53.9 Å². The quantitative estimate of drug-likeness (QED) is 0.624. The molecule has 2 heterocycles. The van der Waals surface area contributed by atoms with Gasteiger partial charge in [-0.05, 0) is 55.0 Å². The highest BCUT2D eigenvalue weighted by Gasteiger charge is 2.37. The van der Waals surface area contributed by atoms with Crippen LogP contribution in [0.2, 0.25) is 0 Å². The van der Waals surface area contributed by atoms with Gasteiger partial charge in [0.2, 0.25) is 0 Å². The molecule has 1 atom stereocenters. The van der Waals surface area contributed by atoms with Crippen molar-refractivity contribution in [2.45, 2.75) is 24.6 Å². The summed E-state index contributed by atoms with van der Waals surface area (Å²) in [6.07, 6.45) is 3.61. The van der Waals surface area contributed by atoms with Crippen LogP contribution in [0.5, 0.6) is 11.5 Å². The number of phenolic OH excluding ortho intramolecular Hbond substituents is 1. The number of hydrogen-bond donors (Lipinski definition) is 4. The highest BCUT2D eigenvalue weighted by atomic mass is 16.5. The van der Waals surface area contributed by atoms with Gasteiger partial charge in [0.15, 0.2) is 0 Å². The number of piperidine rings is 1. The summed E-state index contributed by atoms with van der Waals surface area (Å²) in [4.78, 5) is 0. The summed E-state index contributed by atoms with van der Waals surface area (Å²) in [5.74, 6) is 0.952. The number of ether oxygens (including phenoxy) is 1. The second-order valence-electron chi connectivity index (χ2n) is 7.07. The number of aromatic hydroxyl groups is 1. The fourth-order valence-electron chi connectivity index (χ4n) is 3.93. The SMILES string of the molecule is CNC(N=N)c1ccc(C2=CC3(CCNCC3)Oc3cccc(O)c32)cc1. The van der Waals surface area contributed by atoms with Gasteiger partial charge in [-0.15, -0.1) is 0 Å². The van der Waals surface area contributed by atoms with Crippen LogP contribution in [0, 0.1) is 5.53 Å². The Bertz CT molecular complexity index is 870. The summed E-state index contributed by atoms with van der Waals surface area (Å²) in [6.45, 7) is 1.82. The lowest BCUT2D eigenvalue weighted by molar-refractivity contribution is 0.0813. The van der Waals surface area contributed by atoms with Crippen LogP contribution >= 0.6 is 0 Å². The smallest absolute Gasteiger partial charge is 0.146 e. The van der Waals surface area contributed by atoms with E-state index in [1.807, 2.05) is 36.4 Å². The maximum Gasteiger partial charge on any atom is 0.146 e. The number of benzene rings is 2. The van der Waals surface area contributed by atoms with Crippen molar-refractivity contribution in [1.29, 1.82) is 5.53 Å². The molecule has 4 rings (SSSR count). The molecule has 4 N–H and O–H groups in total. The van der Waals surface area contributed by atoms with Crippen LogP contribution in [0.15, 0.2) is 53.7 Å². The van der Waals surface area contributed by atoms with Crippen LogP contribution < -0.4 is 15.4 Å². The van der Waals surface area contributed by atoms with Crippen molar-refractivity contribution in [2.75, 3.05) is 20.1 Å². The molecule has 6 nitrogen and oxygen atoms in total. The maximum absolute atomic E-state index is 10.5. The second kappa shape index (κ2) is 7.13. The molecule has 2 aliphatic heterocycles. The van der Waals surface area contributed by atoms with Crippen molar-refractivity contribution in [3.63, 3.8) is 0 Å². The largest absolute Gasteiger partial charge is 0.507 e. The van der Waals surface area contributed by atoms with Crippen LogP contribution in [0.1, 0.15) is 35.7 Å². The Hall–Kier alpha value is -2.70. The van der Waals surface area contributed by atoms with Crippen molar-refractivity contribution in [3.05, 3.63) is 65.2 Å². The Labute approximate surface area is 158 Å². The minimum atomic E-state index is -0.348. The van der Waals surface area contributed by atoms with Crippen molar-refractivity contribution in [1.82, 2.24) is 10.6 Å². The zero-order chi connectivity index (χ0) is 18.9. The van der Waals surface area contributed by atoms with Gasteiger partial charge in [0.25, 0.3) is 0 Å². The van der Waals surface area contributed by atoms with Crippen molar-refractivity contribution >= 4 is 5.57 Å². The van der Waals surface area contributed by atoms with Gasteiger partial charge >= 0.3 is 0 Å². The molecule has 1 saturated heterocycles. The van der Waals surface area contributed by atoms with E-state index in [9.17, 15) is 5.11 Å². The fourth-order valence-corrected chi connectivity index (χ4v) is 3.93. The summed E-state index contributed by atoms with van der Waals surface area (Å²) in [5.41, 5.74) is 10.6. The van der Waals surface area contributed by atoms with E-state index in [-0.39, 0.29) is 17.5 Å². The van der Waals surface area contributed by atoms with E-state index in [0.29, 0.717) is 0 Å². The molecule has 27 heavy (non-hydrogen) atoms. The third kappa shape index (κ3) is 3.22. The average Bonchev–Trinajstić information content (AvgIpc) is 2.69. The standard InChI is InChI=1S/C21H24N4O2/c1-23-20(25-22)15-7-5-14(6-8-15)16-13-21(9-11-24-12-10-21)27-18-4-2-3-17(26)19(16)18/h2-8,13,20,22-24,26H,9-12H2,1H3. The highest BCUT2D eigenvalue weighted by Crippen LogP contribution is 2.46. The van der Waals surface area contributed by atoms with Crippen LogP contribution in [0.4, 0.5) is 0 Å². The number of hydrogen-bond acceptors (Lipinski definition) is 6. The molecule has 0 radical (unpaired) electrons. The van der Waals surface area contributed by atoms with E-state index in [1.165, 1.54) is 0 Å². The zero-order valence-corrected chi connectivity index (χ0v) is 15.3. The molecular formula is C21H24N4O2. The molecule has 0 saturated carbocycles. The lowest BCUT2D eigenvalue weighted by Gasteiger charge is -2.40. The predicted octanol–water partition coefficient (Wildman–Crippen LogP) is 3.59. The summed E-state index contributed by atoms with van der Waals surface area (Å²) in [5, 5.41) is 20.5. The minimum absolute atomic E-state index is 0.223. The first-order chi connectivity index (χ1) is 13.2. The Balaban J connectivity index is 1.80. The number of nitrogens with one attached hydrogen (secondary N) is 3. The lowest BCUT2D eigenvalue weighted by Crippen LogP contribution is -2.46. The number of nitrogens with zero attached hydrogens (tertiary/aromatic N) is 1. The van der Waals surface area contributed by atoms with E-state index < -0.39 is 0 Å². The fraction of sp³-hybridized carbons (Fsp3) is 0.333. The van der Waals surface area contributed by atoms with Gasteiger partial charge in [-0.1, -0.05) is 30.3 Å². The summed E-state index contributed by atoms with van der Waals surface area (Å²) >= 11 is 0. The maximum atomic E-state index is 10.5. The van der Waals surface area contributed by atoms with Crippen molar-refractivity contribution in [2.24, 2.45) is 5.11 Å². The normalized spacial score (nSPS) is 18.9. The van der Waals surface area contributed by atoms with Gasteiger partial charge in [0, 0.05) is 12.8 Å². The Kier molecular flexibility index (Phi) is 4.68. The summed E-state index contributed by atoms with van der Waals surface area (Å²) in [7, 11) is 1.78. The molecular weight excluding hydrogens is 340 g/mol. The van der Waals surface area contributed by atoms with Gasteiger partial charge in [0.1, 0.15) is 23.3 Å². The molecule has 2 aromatic carbocycles. The van der Waals surface area contributed by atoms with E-state index in [2.05, 4.69) is 21.8 Å². The van der Waals surface area contributed by atoms with Crippen LogP contribution in [0.3, 0.4) is 0 Å². The van der Waals surface area contributed by atoms with E-state index in [4.69, 9.17) is 10.3 Å². The molecule has 0 bridgehead atoms. The lowest BCUT2D eigenvalue weighted by atomic mass is 9.83. The van der Waals surface area contributed by atoms with Crippen LogP contribution in [-0.4, -0.2) is 30.8 Å². The van der Waals surface area contributed by atoms with Crippen molar-refractivity contribution in [3.8, 4) is 11.5 Å². The van der Waals surface area contributed by atoms with E-state index >= 15 is 0 Å². The van der Waals surface area contributed by atoms with Gasteiger partial charge in [0.05, 0.1) is 5.56 Å². The first-order valence-corrected chi connectivity index (χ1v) is 9.25. The topological polar surface area (TPSA) is 89.7 Å². The molecule has 1 fully saturated rings. The number of rotatable bonds is 4. The average molecular weight is 364 g/mol. The predicted molar refractivity (Wildman–Crippen MR) is 104 cm³/mol. The third-order valence-electron chi connectivity index (χ3n) is 5.38. The van der Waals surface area contributed by atoms with Crippen molar-refractivity contribution < 1.29 is 9.84 Å². The Morgan fingerprint density at radius 1 is 1.19 bits per heavy atom. The van der Waals surface area contributed by atoms with Gasteiger partial charge in [-0.3, -0.25) is 5.32 Å². The second-order valence-corrected chi connectivity index (χ2v) is 7.07. The summed E-state index contributed by atoms with van der Waals surface area (Å²) in [6, 6.07) is 13.4. The molecule has 0 aromatic heterocycles. The van der Waals surface area contributed by atoms with Crippen LogP contribution in [-0.2, 0) is 0 Å². The van der Waals surface area contributed by atoms with E-state index in [1.54, 1.807) is 13.1 Å². The van der Waals surface area contributed by atoms with Crippen LogP contribution in [0.25, 0.3) is 5.57 Å². The molecule has 2 aliphatic rings. The van der Waals surface area contributed by atoms with Gasteiger partial charge in [-0.2, -0.15) is 5.11 Å². The Morgan fingerprint density at radius 2 is 1.93 bits per heavy atom.